The molecular weight excluding hydrogens is 418 g/mol. The summed E-state index contributed by atoms with van der Waals surface area (Å²) in [5.41, 5.74) is 6.83. The van der Waals surface area contributed by atoms with E-state index in [1.807, 2.05) is 66.7 Å². The Balaban J connectivity index is 1.42. The van der Waals surface area contributed by atoms with Crippen molar-refractivity contribution in [2.45, 2.75) is 12.5 Å². The van der Waals surface area contributed by atoms with Crippen molar-refractivity contribution < 1.29 is 14.2 Å². The van der Waals surface area contributed by atoms with E-state index in [2.05, 4.69) is 20.6 Å². The Labute approximate surface area is 190 Å². The Hall–Kier alpha value is -4.30. The van der Waals surface area contributed by atoms with Crippen LogP contribution in [0.25, 0.3) is 22.7 Å². The predicted octanol–water partition coefficient (Wildman–Crippen LogP) is 4.38. The largest absolute Gasteiger partial charge is 0.332 e. The molecule has 1 aliphatic rings. The highest BCUT2D eigenvalue weighted by Crippen LogP contribution is 2.34. The van der Waals surface area contributed by atoms with Crippen LogP contribution in [0.1, 0.15) is 28.6 Å². The second-order valence-corrected chi connectivity index (χ2v) is 7.51. The van der Waals surface area contributed by atoms with Gasteiger partial charge >= 0.3 is 0 Å². The third kappa shape index (κ3) is 4.24. The van der Waals surface area contributed by atoms with Crippen LogP contribution in [0.5, 0.6) is 0 Å². The number of carbonyl (C=O) groups is 1. The Kier molecular flexibility index (Phi) is 5.65. The minimum absolute atomic E-state index is 0.170. The summed E-state index contributed by atoms with van der Waals surface area (Å²) < 4.78 is 5.42. The van der Waals surface area contributed by atoms with Crippen molar-refractivity contribution in [3.63, 3.8) is 0 Å². The Morgan fingerprint density at radius 1 is 1.03 bits per heavy atom. The molecule has 3 heterocycles. The molecule has 1 atom stereocenters. The fourth-order valence-corrected chi connectivity index (χ4v) is 3.78. The molecule has 0 saturated heterocycles. The lowest BCUT2D eigenvalue weighted by molar-refractivity contribution is 0.0777. The number of benzene rings is 2. The quantitative estimate of drug-likeness (QED) is 0.446. The van der Waals surface area contributed by atoms with E-state index < -0.39 is 6.04 Å². The highest BCUT2D eigenvalue weighted by atomic mass is 16.6. The molecule has 4 aromatic rings. The van der Waals surface area contributed by atoms with Gasteiger partial charge in [0.15, 0.2) is 5.82 Å². The van der Waals surface area contributed by atoms with E-state index in [1.165, 1.54) is 7.11 Å². The monoisotopic (exact) mass is 439 g/mol. The molecule has 5 rings (SSSR count). The van der Waals surface area contributed by atoms with E-state index in [0.29, 0.717) is 29.4 Å². The molecule has 8 nitrogen and oxygen atoms in total. The van der Waals surface area contributed by atoms with Gasteiger partial charge in [-0.1, -0.05) is 53.7 Å². The Morgan fingerprint density at radius 3 is 2.52 bits per heavy atom. The number of amides is 1. The fraction of sp³-hybridized carbons (Fsp3) is 0.120. The first-order valence-corrected chi connectivity index (χ1v) is 10.5. The highest BCUT2D eigenvalue weighted by molar-refractivity contribution is 5.96. The minimum atomic E-state index is -0.440. The molecule has 1 N–H and O–H groups in total. The molecule has 8 heteroatoms. The molecule has 1 amide bonds. The van der Waals surface area contributed by atoms with Gasteiger partial charge in [0.1, 0.15) is 11.7 Å². The van der Waals surface area contributed by atoms with E-state index in [-0.39, 0.29) is 5.91 Å². The number of nitrogens with one attached hydrogen (secondary N) is 1. The topological polar surface area (TPSA) is 93.4 Å². The van der Waals surface area contributed by atoms with Gasteiger partial charge in [0.25, 0.3) is 11.8 Å². The van der Waals surface area contributed by atoms with Crippen LogP contribution in [0, 0.1) is 0 Å². The van der Waals surface area contributed by atoms with Crippen molar-refractivity contribution in [2.24, 2.45) is 0 Å². The molecule has 1 aliphatic heterocycles. The van der Waals surface area contributed by atoms with Crippen molar-refractivity contribution in [1.29, 1.82) is 0 Å². The molecule has 0 saturated carbocycles. The first-order chi connectivity index (χ1) is 16.2. The summed E-state index contributed by atoms with van der Waals surface area (Å²) in [7, 11) is 1.52. The molecule has 2 aromatic carbocycles. The molecule has 0 bridgehead atoms. The number of rotatable bonds is 6. The van der Waals surface area contributed by atoms with Crippen molar-refractivity contribution >= 4 is 5.91 Å². The smallest absolute Gasteiger partial charge is 0.276 e. The molecule has 0 aliphatic carbocycles. The molecule has 0 fully saturated rings. The zero-order chi connectivity index (χ0) is 22.6. The predicted molar refractivity (Wildman–Crippen MR) is 121 cm³/mol. The SMILES string of the molecule is CONC1=CN(C(=O)c2ccc(-c3ccccc3)cc2)C(c2noc(-c3ccccn3)n2)C1. The maximum Gasteiger partial charge on any atom is 0.276 e. The van der Waals surface area contributed by atoms with Crippen molar-refractivity contribution in [1.82, 2.24) is 25.5 Å². The fourth-order valence-electron chi connectivity index (χ4n) is 3.78. The Morgan fingerprint density at radius 2 is 1.79 bits per heavy atom. The van der Waals surface area contributed by atoms with Crippen LogP contribution in [0.3, 0.4) is 0 Å². The molecule has 33 heavy (non-hydrogen) atoms. The summed E-state index contributed by atoms with van der Waals surface area (Å²) in [6.07, 6.45) is 3.84. The van der Waals surface area contributed by atoms with Gasteiger partial charge in [-0.15, -0.1) is 0 Å². The number of nitrogens with zero attached hydrogens (tertiary/aromatic N) is 4. The van der Waals surface area contributed by atoms with Crippen molar-refractivity contribution in [3.8, 4) is 22.7 Å². The lowest BCUT2D eigenvalue weighted by Gasteiger charge is -2.21. The van der Waals surface area contributed by atoms with Gasteiger partial charge in [-0.25, -0.2) is 0 Å². The van der Waals surface area contributed by atoms with E-state index in [1.54, 1.807) is 23.4 Å². The van der Waals surface area contributed by atoms with Gasteiger partial charge in [0, 0.05) is 24.4 Å². The van der Waals surface area contributed by atoms with Crippen LogP contribution in [0.15, 0.2) is 95.4 Å². The standard InChI is InChI=1S/C25H21N5O3/c1-32-28-20-15-22(23-27-24(33-29-23)21-9-5-6-14-26-21)30(16-20)25(31)19-12-10-18(11-13-19)17-7-3-2-4-8-17/h2-14,16,22,28H,15H2,1H3. The number of hydroxylamine groups is 1. The van der Waals surface area contributed by atoms with Crippen LogP contribution in [0.4, 0.5) is 0 Å². The molecule has 0 radical (unpaired) electrons. The molecule has 2 aromatic heterocycles. The lowest BCUT2D eigenvalue weighted by atomic mass is 10.0. The third-order valence-electron chi connectivity index (χ3n) is 5.37. The van der Waals surface area contributed by atoms with E-state index in [4.69, 9.17) is 9.36 Å². The van der Waals surface area contributed by atoms with Crippen LogP contribution in [-0.2, 0) is 4.84 Å². The average Bonchev–Trinajstić information content (AvgIpc) is 3.53. The van der Waals surface area contributed by atoms with Gasteiger partial charge < -0.3 is 9.42 Å². The zero-order valence-electron chi connectivity index (χ0n) is 17.9. The molecular formula is C25H21N5O3. The maximum atomic E-state index is 13.4. The van der Waals surface area contributed by atoms with Crippen LogP contribution in [-0.4, -0.2) is 33.0 Å². The first kappa shape index (κ1) is 20.6. The van der Waals surface area contributed by atoms with Gasteiger partial charge in [-0.05, 0) is 35.4 Å². The number of pyridine rings is 1. The molecule has 164 valence electrons. The number of aromatic nitrogens is 3. The second-order valence-electron chi connectivity index (χ2n) is 7.51. The van der Waals surface area contributed by atoms with E-state index in [9.17, 15) is 4.79 Å². The van der Waals surface area contributed by atoms with Crippen molar-refractivity contribution in [2.75, 3.05) is 7.11 Å². The lowest BCUT2D eigenvalue weighted by Crippen LogP contribution is -2.28. The van der Waals surface area contributed by atoms with Crippen LogP contribution >= 0.6 is 0 Å². The number of carbonyl (C=O) groups excluding carboxylic acids is 1. The first-order valence-electron chi connectivity index (χ1n) is 10.5. The van der Waals surface area contributed by atoms with Gasteiger partial charge in [0.05, 0.1) is 12.8 Å². The van der Waals surface area contributed by atoms with Crippen molar-refractivity contribution in [3.05, 3.63) is 102 Å². The summed E-state index contributed by atoms with van der Waals surface area (Å²) in [5, 5.41) is 4.13. The summed E-state index contributed by atoms with van der Waals surface area (Å²) in [4.78, 5) is 28.8. The van der Waals surface area contributed by atoms with Gasteiger partial charge in [-0.2, -0.15) is 4.98 Å². The summed E-state index contributed by atoms with van der Waals surface area (Å²) >= 11 is 0. The molecule has 0 spiro atoms. The maximum absolute atomic E-state index is 13.4. The Bertz CT molecular complexity index is 1270. The third-order valence-corrected chi connectivity index (χ3v) is 5.37. The number of hydrogen-bond acceptors (Lipinski definition) is 7. The normalized spacial score (nSPS) is 15.4. The second kappa shape index (κ2) is 9.05. The summed E-state index contributed by atoms with van der Waals surface area (Å²) in [6, 6.07) is 22.6. The van der Waals surface area contributed by atoms with E-state index in [0.717, 1.165) is 16.8 Å². The summed E-state index contributed by atoms with van der Waals surface area (Å²) in [5.74, 6) is 0.532. The zero-order valence-corrected chi connectivity index (χ0v) is 17.9. The van der Waals surface area contributed by atoms with E-state index >= 15 is 0 Å². The molecule has 1 unspecified atom stereocenters. The number of hydrogen-bond donors (Lipinski definition) is 1. The average molecular weight is 439 g/mol. The highest BCUT2D eigenvalue weighted by Gasteiger charge is 2.35. The minimum Gasteiger partial charge on any atom is -0.332 e. The van der Waals surface area contributed by atoms with Gasteiger partial charge in [0.2, 0.25) is 0 Å². The van der Waals surface area contributed by atoms with Crippen LogP contribution < -0.4 is 5.48 Å². The van der Waals surface area contributed by atoms with Crippen LogP contribution in [0.2, 0.25) is 0 Å². The summed E-state index contributed by atoms with van der Waals surface area (Å²) in [6.45, 7) is 0. The van der Waals surface area contributed by atoms with Gasteiger partial charge in [-0.3, -0.25) is 20.1 Å².